The van der Waals surface area contributed by atoms with Crippen LogP contribution in [0.4, 0.5) is 0 Å². The lowest BCUT2D eigenvalue weighted by atomic mass is 10.1. The molecule has 0 saturated carbocycles. The van der Waals surface area contributed by atoms with Crippen LogP contribution >= 0.6 is 0 Å². The molecule has 22 heavy (non-hydrogen) atoms. The zero-order chi connectivity index (χ0) is 15.1. The number of ether oxygens (including phenoxy) is 1. The van der Waals surface area contributed by atoms with Crippen LogP contribution in [-0.4, -0.2) is 22.5 Å². The van der Waals surface area contributed by atoms with Gasteiger partial charge in [-0.3, -0.25) is 4.98 Å². The van der Waals surface area contributed by atoms with Gasteiger partial charge in [-0.2, -0.15) is 0 Å². The van der Waals surface area contributed by atoms with Gasteiger partial charge in [0, 0.05) is 28.6 Å². The number of aromatic nitrogens is 2. The average Bonchev–Trinajstić information content (AvgIpc) is 2.98. The van der Waals surface area contributed by atoms with Gasteiger partial charge in [0.2, 0.25) is 5.71 Å². The molecule has 1 aromatic carbocycles. The van der Waals surface area contributed by atoms with Crippen molar-refractivity contribution >= 4 is 38.9 Å². The molecule has 3 heterocycles. The van der Waals surface area contributed by atoms with Gasteiger partial charge in [-0.05, 0) is 37.3 Å². The maximum atomic E-state index is 12.1. The molecule has 108 valence electrons. The molecule has 0 radical (unpaired) electrons. The highest BCUT2D eigenvalue weighted by Crippen LogP contribution is 2.31. The van der Waals surface area contributed by atoms with Gasteiger partial charge in [-0.15, -0.1) is 0 Å². The predicted octanol–water partition coefficient (Wildman–Crippen LogP) is 3.71. The summed E-state index contributed by atoms with van der Waals surface area (Å²) in [5, 5.41) is 2.46. The highest BCUT2D eigenvalue weighted by molar-refractivity contribution is 6.16. The van der Waals surface area contributed by atoms with Crippen molar-refractivity contribution in [2.75, 3.05) is 6.61 Å². The fourth-order valence-corrected chi connectivity index (χ4v) is 2.63. The molecular formula is C17H12N2O3. The van der Waals surface area contributed by atoms with Crippen molar-refractivity contribution in [2.45, 2.75) is 6.92 Å². The van der Waals surface area contributed by atoms with Gasteiger partial charge in [0.25, 0.3) is 0 Å². The summed E-state index contributed by atoms with van der Waals surface area (Å²) in [6.45, 7) is 2.11. The first-order valence-electron chi connectivity index (χ1n) is 7.01. The van der Waals surface area contributed by atoms with Crippen LogP contribution in [0.3, 0.4) is 0 Å². The lowest BCUT2D eigenvalue weighted by molar-refractivity contribution is 0.0529. The minimum Gasteiger partial charge on any atom is -0.462 e. The second-order valence-corrected chi connectivity index (χ2v) is 4.91. The number of nitrogens with zero attached hydrogens (tertiary/aromatic N) is 2. The zero-order valence-corrected chi connectivity index (χ0v) is 11.9. The summed E-state index contributed by atoms with van der Waals surface area (Å²) in [4.78, 5) is 20.6. The third-order valence-corrected chi connectivity index (χ3v) is 3.59. The quantitative estimate of drug-likeness (QED) is 0.416. The Kier molecular flexibility index (Phi) is 2.79. The average molecular weight is 292 g/mol. The van der Waals surface area contributed by atoms with E-state index in [9.17, 15) is 4.79 Å². The number of hydrogen-bond acceptors (Lipinski definition) is 5. The van der Waals surface area contributed by atoms with Crippen LogP contribution in [0.1, 0.15) is 17.3 Å². The molecule has 0 aliphatic rings. The monoisotopic (exact) mass is 292 g/mol. The zero-order valence-electron chi connectivity index (χ0n) is 11.9. The molecule has 5 heteroatoms. The first-order chi connectivity index (χ1) is 10.8. The summed E-state index contributed by atoms with van der Waals surface area (Å²) < 4.78 is 10.9. The minimum atomic E-state index is -0.371. The van der Waals surface area contributed by atoms with E-state index in [1.54, 1.807) is 19.3 Å². The molecule has 4 aromatic rings. The molecule has 0 unspecified atom stereocenters. The molecule has 0 fully saturated rings. The Morgan fingerprint density at radius 2 is 2.18 bits per heavy atom. The fraction of sp³-hybridized carbons (Fsp3) is 0.118. The van der Waals surface area contributed by atoms with Gasteiger partial charge in [0.05, 0.1) is 17.7 Å². The lowest BCUT2D eigenvalue weighted by Crippen LogP contribution is -2.03. The molecule has 0 spiro atoms. The predicted molar refractivity (Wildman–Crippen MR) is 82.8 cm³/mol. The second-order valence-electron chi connectivity index (χ2n) is 4.91. The van der Waals surface area contributed by atoms with Gasteiger partial charge in [0.15, 0.2) is 0 Å². The molecule has 4 rings (SSSR count). The highest BCUT2D eigenvalue weighted by atomic mass is 16.5. The van der Waals surface area contributed by atoms with Gasteiger partial charge in [-0.1, -0.05) is 0 Å². The third-order valence-electron chi connectivity index (χ3n) is 3.59. The molecule has 5 nitrogen and oxygen atoms in total. The van der Waals surface area contributed by atoms with E-state index < -0.39 is 0 Å². The van der Waals surface area contributed by atoms with E-state index in [0.717, 1.165) is 21.7 Å². The van der Waals surface area contributed by atoms with Crippen molar-refractivity contribution in [3.63, 3.8) is 0 Å². The number of fused-ring (bicyclic) bond motifs is 4. The number of rotatable bonds is 2. The SMILES string of the molecule is CCOC(=O)c1cnc2ccc3oc4ncccc4cc3c12. The molecule has 0 aliphatic heterocycles. The van der Waals surface area contributed by atoms with Crippen molar-refractivity contribution in [3.05, 3.63) is 48.3 Å². The van der Waals surface area contributed by atoms with Crippen molar-refractivity contribution in [1.82, 2.24) is 9.97 Å². The standard InChI is InChI=1S/C17H12N2O3/c1-2-21-17(20)12-9-19-13-5-6-14-11(15(12)13)8-10-4-3-7-18-16(10)22-14/h3-9H,2H2,1H3. The van der Waals surface area contributed by atoms with Crippen molar-refractivity contribution in [1.29, 1.82) is 0 Å². The summed E-state index contributed by atoms with van der Waals surface area (Å²) >= 11 is 0. The van der Waals surface area contributed by atoms with Gasteiger partial charge in [0.1, 0.15) is 5.58 Å². The topological polar surface area (TPSA) is 65.2 Å². The fourth-order valence-electron chi connectivity index (χ4n) is 2.63. The number of pyridine rings is 1. The maximum Gasteiger partial charge on any atom is 0.340 e. The van der Waals surface area contributed by atoms with Gasteiger partial charge >= 0.3 is 5.97 Å². The smallest absolute Gasteiger partial charge is 0.340 e. The van der Waals surface area contributed by atoms with E-state index >= 15 is 0 Å². The first-order valence-corrected chi connectivity index (χ1v) is 7.01. The summed E-state index contributed by atoms with van der Waals surface area (Å²) in [7, 11) is 0. The third kappa shape index (κ3) is 1.83. The van der Waals surface area contributed by atoms with Crippen molar-refractivity contribution in [3.8, 4) is 0 Å². The van der Waals surface area contributed by atoms with Gasteiger partial charge in [-0.25, -0.2) is 9.78 Å². The van der Waals surface area contributed by atoms with E-state index in [1.807, 2.05) is 30.3 Å². The van der Waals surface area contributed by atoms with Gasteiger partial charge < -0.3 is 9.15 Å². The summed E-state index contributed by atoms with van der Waals surface area (Å²) in [5.74, 6) is -0.371. The van der Waals surface area contributed by atoms with E-state index in [2.05, 4.69) is 9.97 Å². The van der Waals surface area contributed by atoms with Crippen LogP contribution in [0.2, 0.25) is 0 Å². The molecule has 3 aromatic heterocycles. The van der Waals surface area contributed by atoms with Crippen LogP contribution in [0.5, 0.6) is 0 Å². The summed E-state index contributed by atoms with van der Waals surface area (Å²) in [6.07, 6.45) is 3.24. The molecule has 0 amide bonds. The first kappa shape index (κ1) is 12.8. The van der Waals surface area contributed by atoms with Crippen molar-refractivity contribution in [2.24, 2.45) is 0 Å². The van der Waals surface area contributed by atoms with Crippen LogP contribution < -0.4 is 0 Å². The van der Waals surface area contributed by atoms with Crippen LogP contribution in [0.15, 0.2) is 47.1 Å². The van der Waals surface area contributed by atoms with E-state index in [0.29, 0.717) is 23.5 Å². The summed E-state index contributed by atoms with van der Waals surface area (Å²) in [5.41, 5.74) is 2.43. The number of benzene rings is 1. The van der Waals surface area contributed by atoms with E-state index in [1.165, 1.54) is 0 Å². The lowest BCUT2D eigenvalue weighted by Gasteiger charge is -2.04. The number of hydrogen-bond donors (Lipinski definition) is 0. The molecular weight excluding hydrogens is 280 g/mol. The Morgan fingerprint density at radius 1 is 1.27 bits per heavy atom. The molecule has 0 atom stereocenters. The van der Waals surface area contributed by atoms with Crippen LogP contribution in [-0.2, 0) is 4.74 Å². The maximum absolute atomic E-state index is 12.1. The Morgan fingerprint density at radius 3 is 3.05 bits per heavy atom. The van der Waals surface area contributed by atoms with Crippen LogP contribution in [0.25, 0.3) is 33.0 Å². The Labute approximate surface area is 125 Å². The van der Waals surface area contributed by atoms with E-state index in [4.69, 9.17) is 9.15 Å². The largest absolute Gasteiger partial charge is 0.462 e. The normalized spacial score (nSPS) is 11.3. The Bertz CT molecular complexity index is 1020. The van der Waals surface area contributed by atoms with Crippen LogP contribution in [0, 0.1) is 0 Å². The molecule has 0 aliphatic carbocycles. The number of carbonyl (C=O) groups excluding carboxylic acids is 1. The highest BCUT2D eigenvalue weighted by Gasteiger charge is 2.17. The molecule has 0 N–H and O–H groups in total. The Balaban J connectivity index is 2.10. The Hall–Kier alpha value is -2.95. The van der Waals surface area contributed by atoms with E-state index in [-0.39, 0.29) is 5.97 Å². The second kappa shape index (κ2) is 4.80. The molecule has 0 saturated heterocycles. The summed E-state index contributed by atoms with van der Waals surface area (Å²) in [6, 6.07) is 9.41. The number of carbonyl (C=O) groups is 1. The number of esters is 1. The van der Waals surface area contributed by atoms with Crippen molar-refractivity contribution < 1.29 is 13.9 Å². The minimum absolute atomic E-state index is 0.327. The molecule has 0 bridgehead atoms.